The number of nitrogens with zero attached hydrogens (tertiary/aromatic N) is 2. The van der Waals surface area contributed by atoms with E-state index in [0.717, 1.165) is 72.9 Å². The summed E-state index contributed by atoms with van der Waals surface area (Å²) in [7, 11) is 0. The third-order valence-electron chi connectivity index (χ3n) is 14.2. The number of anilines is 6. The van der Waals surface area contributed by atoms with Gasteiger partial charge in [0.2, 0.25) is 0 Å². The van der Waals surface area contributed by atoms with Crippen LogP contribution in [-0.2, 0) is 21.7 Å². The monoisotopic (exact) mass is 896 g/mol. The standard InChI is InChI=1S/C61H61BN2O2S/c1-36-32-47-53-50(33-36)66-56-46(62(53)57-54(45-34-40(61(11,12)13)24-31-51(45)67-57)64(47)43-29-22-39(23-30-43)60(8,9)10)35-49-52(44-16-14-15-17-48(44)65-49)55(56)63(41-25-18-37(19-26-41)58(2,3)4)42-27-20-38(21-28-42)59(5,6)7/h14-35H,1-13H3. The van der Waals surface area contributed by atoms with Crippen molar-refractivity contribution in [3.05, 3.63) is 161 Å². The van der Waals surface area contributed by atoms with Crippen molar-refractivity contribution in [1.29, 1.82) is 0 Å². The Morgan fingerprint density at radius 3 is 1.69 bits per heavy atom. The fraction of sp³-hybridized carbons (Fsp3) is 0.279. The van der Waals surface area contributed by atoms with Gasteiger partial charge in [-0.3, -0.25) is 0 Å². The summed E-state index contributed by atoms with van der Waals surface area (Å²) in [5, 5.41) is 3.37. The number of thiophene rings is 1. The van der Waals surface area contributed by atoms with Gasteiger partial charge in [-0.1, -0.05) is 144 Å². The first-order chi connectivity index (χ1) is 31.6. The first-order valence-electron chi connectivity index (χ1n) is 23.9. The second-order valence-corrected chi connectivity index (χ2v) is 24.3. The molecule has 67 heavy (non-hydrogen) atoms. The van der Waals surface area contributed by atoms with E-state index < -0.39 is 0 Å². The average molecular weight is 897 g/mol. The number of furan rings is 1. The highest BCUT2D eigenvalue weighted by Crippen LogP contribution is 2.53. The average Bonchev–Trinajstić information content (AvgIpc) is 3.84. The molecule has 2 aliphatic rings. The topological polar surface area (TPSA) is 28.9 Å². The highest BCUT2D eigenvalue weighted by Gasteiger charge is 2.46. The molecule has 0 amide bonds. The zero-order valence-electron chi connectivity index (χ0n) is 41.4. The number of aryl methyl sites for hydroxylation is 1. The van der Waals surface area contributed by atoms with E-state index in [2.05, 4.69) is 233 Å². The van der Waals surface area contributed by atoms with E-state index in [1.54, 1.807) is 0 Å². The van der Waals surface area contributed by atoms with Gasteiger partial charge in [0.05, 0.1) is 11.1 Å². The lowest BCUT2D eigenvalue weighted by molar-refractivity contribution is 0.488. The van der Waals surface area contributed by atoms with Crippen molar-refractivity contribution in [2.45, 2.75) is 112 Å². The summed E-state index contributed by atoms with van der Waals surface area (Å²) in [6.45, 7) is 29.5. The Morgan fingerprint density at radius 1 is 0.552 bits per heavy atom. The molecule has 11 rings (SSSR count). The van der Waals surface area contributed by atoms with Crippen molar-refractivity contribution in [3.63, 3.8) is 0 Å². The zero-order chi connectivity index (χ0) is 47.1. The minimum atomic E-state index is -0.130. The molecular weight excluding hydrogens is 836 g/mol. The first kappa shape index (κ1) is 43.3. The van der Waals surface area contributed by atoms with Gasteiger partial charge in [0.1, 0.15) is 28.4 Å². The summed E-state index contributed by atoms with van der Waals surface area (Å²) in [5.74, 6) is 1.75. The molecule has 0 atom stereocenters. The Labute approximate surface area is 401 Å². The lowest BCUT2D eigenvalue weighted by atomic mass is 9.36. The quantitative estimate of drug-likeness (QED) is 0.165. The Kier molecular flexibility index (Phi) is 9.63. The molecule has 0 unspecified atom stereocenters. The molecule has 7 aromatic carbocycles. The molecule has 2 aromatic heterocycles. The number of hydrogen-bond donors (Lipinski definition) is 0. The Bertz CT molecular complexity index is 3360. The van der Waals surface area contributed by atoms with Gasteiger partial charge in [-0.05, 0) is 140 Å². The number of fused-ring (bicyclic) bond motifs is 9. The van der Waals surface area contributed by atoms with Gasteiger partial charge in [-0.25, -0.2) is 0 Å². The summed E-state index contributed by atoms with van der Waals surface area (Å²) in [4.78, 5) is 4.96. The number of hydrogen-bond acceptors (Lipinski definition) is 5. The summed E-state index contributed by atoms with van der Waals surface area (Å²) in [6, 6.07) is 50.1. The molecule has 0 N–H and O–H groups in total. The molecule has 336 valence electrons. The van der Waals surface area contributed by atoms with Crippen LogP contribution in [0.1, 0.15) is 111 Å². The van der Waals surface area contributed by atoms with Crippen LogP contribution in [0, 0.1) is 6.92 Å². The highest BCUT2D eigenvalue weighted by molar-refractivity contribution is 7.33. The van der Waals surface area contributed by atoms with Crippen LogP contribution >= 0.6 is 11.3 Å². The number of rotatable bonds is 4. The Balaban J connectivity index is 1.25. The van der Waals surface area contributed by atoms with Crippen LogP contribution < -0.4 is 30.2 Å². The predicted octanol–water partition coefficient (Wildman–Crippen LogP) is 16.2. The van der Waals surface area contributed by atoms with Crippen LogP contribution in [-0.4, -0.2) is 6.71 Å². The second kappa shape index (κ2) is 14.9. The molecular formula is C61H61BN2O2S. The maximum Gasteiger partial charge on any atom is 0.269 e. The van der Waals surface area contributed by atoms with Crippen LogP contribution in [0.5, 0.6) is 11.5 Å². The molecule has 0 radical (unpaired) electrons. The van der Waals surface area contributed by atoms with Crippen LogP contribution in [0.3, 0.4) is 0 Å². The van der Waals surface area contributed by atoms with E-state index >= 15 is 0 Å². The molecule has 6 heteroatoms. The van der Waals surface area contributed by atoms with E-state index in [1.807, 2.05) is 11.3 Å². The molecule has 9 aromatic rings. The minimum Gasteiger partial charge on any atom is -0.456 e. The van der Waals surface area contributed by atoms with Gasteiger partial charge < -0.3 is 19.0 Å². The van der Waals surface area contributed by atoms with Crippen LogP contribution in [0.2, 0.25) is 0 Å². The molecule has 0 bridgehead atoms. The van der Waals surface area contributed by atoms with Crippen molar-refractivity contribution < 1.29 is 9.15 Å². The highest BCUT2D eigenvalue weighted by atomic mass is 32.1. The van der Waals surface area contributed by atoms with Gasteiger partial charge in [0, 0.05) is 43.0 Å². The maximum atomic E-state index is 7.64. The minimum absolute atomic E-state index is 0.000852. The molecule has 2 aliphatic heterocycles. The van der Waals surface area contributed by atoms with Gasteiger partial charge in [-0.15, -0.1) is 11.3 Å². The zero-order valence-corrected chi connectivity index (χ0v) is 42.2. The SMILES string of the molecule is Cc1cc2c3c(c1)N(c1ccc(C(C)(C)C)cc1)c1c(sc4ccc(C(C)(C)C)cc14)B3c1cc3oc4ccccc4c3c(N(c3ccc(C(C)(C)C)cc3)c3ccc(C(C)(C)C)cc3)c1O2. The summed E-state index contributed by atoms with van der Waals surface area (Å²) in [6.07, 6.45) is 0. The smallest absolute Gasteiger partial charge is 0.269 e. The van der Waals surface area contributed by atoms with Crippen molar-refractivity contribution >= 4 is 99.9 Å². The third-order valence-corrected chi connectivity index (χ3v) is 15.4. The molecule has 0 aliphatic carbocycles. The molecule has 0 saturated heterocycles. The lowest BCUT2D eigenvalue weighted by Crippen LogP contribution is -2.58. The van der Waals surface area contributed by atoms with E-state index in [9.17, 15) is 0 Å². The van der Waals surface area contributed by atoms with Gasteiger partial charge in [-0.2, -0.15) is 0 Å². The number of ether oxygens (including phenoxy) is 1. The molecule has 0 saturated carbocycles. The molecule has 0 fully saturated rings. The van der Waals surface area contributed by atoms with Crippen LogP contribution in [0.4, 0.5) is 34.1 Å². The third kappa shape index (κ3) is 7.09. The number of para-hydroxylation sites is 1. The Hall–Kier alpha value is -6.24. The van der Waals surface area contributed by atoms with Crippen LogP contribution in [0.15, 0.2) is 138 Å². The lowest BCUT2D eigenvalue weighted by Gasteiger charge is -2.40. The van der Waals surface area contributed by atoms with E-state index in [0.29, 0.717) is 0 Å². The van der Waals surface area contributed by atoms with Crippen molar-refractivity contribution in [3.8, 4) is 11.5 Å². The second-order valence-electron chi connectivity index (χ2n) is 23.2. The van der Waals surface area contributed by atoms with E-state index in [4.69, 9.17) is 9.15 Å². The largest absolute Gasteiger partial charge is 0.456 e. The van der Waals surface area contributed by atoms with Gasteiger partial charge in [0.15, 0.2) is 0 Å². The fourth-order valence-corrected chi connectivity index (χ4v) is 11.7. The van der Waals surface area contributed by atoms with E-state index in [1.165, 1.54) is 48.3 Å². The maximum absolute atomic E-state index is 7.64. The van der Waals surface area contributed by atoms with Crippen molar-refractivity contribution in [1.82, 2.24) is 0 Å². The predicted molar refractivity (Wildman–Crippen MR) is 289 cm³/mol. The summed E-state index contributed by atoms with van der Waals surface area (Å²) >= 11 is 1.92. The number of benzene rings is 7. The fourth-order valence-electron chi connectivity index (χ4n) is 10.4. The van der Waals surface area contributed by atoms with Gasteiger partial charge >= 0.3 is 0 Å². The summed E-state index contributed by atoms with van der Waals surface area (Å²) < 4.78 is 17.2. The van der Waals surface area contributed by atoms with Crippen molar-refractivity contribution in [2.24, 2.45) is 0 Å². The Morgan fingerprint density at radius 2 is 1.10 bits per heavy atom. The molecule has 4 heterocycles. The first-order valence-corrected chi connectivity index (χ1v) is 24.8. The molecule has 4 nitrogen and oxygen atoms in total. The van der Waals surface area contributed by atoms with Crippen LogP contribution in [0.25, 0.3) is 32.0 Å². The summed E-state index contributed by atoms with van der Waals surface area (Å²) in [5.41, 5.74) is 17.0. The van der Waals surface area contributed by atoms with E-state index in [-0.39, 0.29) is 28.4 Å². The van der Waals surface area contributed by atoms with Gasteiger partial charge in [0.25, 0.3) is 6.71 Å². The molecule has 0 spiro atoms. The normalized spacial score (nSPS) is 13.8. The van der Waals surface area contributed by atoms with Crippen molar-refractivity contribution in [2.75, 3.05) is 9.80 Å².